The molecule has 1 aromatic heterocycles. The van der Waals surface area contributed by atoms with Gasteiger partial charge in [0.1, 0.15) is 23.1 Å². The van der Waals surface area contributed by atoms with Gasteiger partial charge in [0.15, 0.2) is 0 Å². The molecule has 4 aromatic rings. The van der Waals surface area contributed by atoms with Crippen molar-refractivity contribution in [2.45, 2.75) is 13.5 Å². The Morgan fingerprint density at radius 3 is 2.40 bits per heavy atom. The number of nitrogens with zero attached hydrogens (tertiary/aromatic N) is 1. The van der Waals surface area contributed by atoms with E-state index in [1.165, 1.54) is 11.3 Å². The van der Waals surface area contributed by atoms with Crippen molar-refractivity contribution < 1.29 is 9.53 Å². The van der Waals surface area contributed by atoms with Gasteiger partial charge in [-0.05, 0) is 61.0 Å². The maximum absolute atomic E-state index is 12.4. The summed E-state index contributed by atoms with van der Waals surface area (Å²) in [6, 6.07) is 22.9. The molecular formula is C24H19ClN2O2S. The highest BCUT2D eigenvalue weighted by Gasteiger charge is 2.12. The minimum absolute atomic E-state index is 0.218. The van der Waals surface area contributed by atoms with Gasteiger partial charge in [0.05, 0.1) is 0 Å². The van der Waals surface area contributed by atoms with E-state index in [-0.39, 0.29) is 5.91 Å². The molecule has 0 unspecified atom stereocenters. The summed E-state index contributed by atoms with van der Waals surface area (Å²) < 4.78 is 5.82. The molecule has 1 N–H and O–H groups in total. The van der Waals surface area contributed by atoms with E-state index in [9.17, 15) is 4.79 Å². The molecule has 0 aliphatic heterocycles. The van der Waals surface area contributed by atoms with Gasteiger partial charge in [0, 0.05) is 21.7 Å². The second-order valence-electron chi connectivity index (χ2n) is 6.80. The Labute approximate surface area is 184 Å². The maximum Gasteiger partial charge on any atom is 0.275 e. The summed E-state index contributed by atoms with van der Waals surface area (Å²) in [4.78, 5) is 16.9. The fraction of sp³-hybridized carbons (Fsp3) is 0.0833. The lowest BCUT2D eigenvalue weighted by atomic mass is 10.2. The zero-order valence-corrected chi connectivity index (χ0v) is 17.8. The Hall–Kier alpha value is -3.15. The Kier molecular flexibility index (Phi) is 6.12. The molecule has 30 heavy (non-hydrogen) atoms. The molecule has 6 heteroatoms. The molecule has 0 fully saturated rings. The molecule has 4 nitrogen and oxygen atoms in total. The van der Waals surface area contributed by atoms with E-state index < -0.39 is 0 Å². The van der Waals surface area contributed by atoms with Crippen LogP contribution in [0.15, 0.2) is 78.2 Å². The lowest BCUT2D eigenvalue weighted by molar-refractivity contribution is 0.102. The van der Waals surface area contributed by atoms with Gasteiger partial charge in [-0.3, -0.25) is 4.79 Å². The molecule has 0 aliphatic carbocycles. The molecule has 0 atom stereocenters. The van der Waals surface area contributed by atoms with Crippen molar-refractivity contribution in [3.63, 3.8) is 0 Å². The van der Waals surface area contributed by atoms with Gasteiger partial charge < -0.3 is 10.1 Å². The summed E-state index contributed by atoms with van der Waals surface area (Å²) in [6.45, 7) is 2.48. The van der Waals surface area contributed by atoms with Crippen molar-refractivity contribution in [3.8, 4) is 16.3 Å². The number of thiazole rings is 1. The number of hydrogen-bond acceptors (Lipinski definition) is 4. The first-order valence-corrected chi connectivity index (χ1v) is 10.6. The molecule has 0 saturated carbocycles. The highest BCUT2D eigenvalue weighted by Crippen LogP contribution is 2.26. The number of carbonyl (C=O) groups is 1. The van der Waals surface area contributed by atoms with Crippen molar-refractivity contribution in [1.29, 1.82) is 0 Å². The molecule has 1 heterocycles. The van der Waals surface area contributed by atoms with E-state index in [2.05, 4.69) is 10.3 Å². The summed E-state index contributed by atoms with van der Waals surface area (Å²) in [6.07, 6.45) is 0. The number of nitrogens with one attached hydrogen (secondary N) is 1. The zero-order valence-electron chi connectivity index (χ0n) is 16.3. The summed E-state index contributed by atoms with van der Waals surface area (Å²) in [7, 11) is 0. The van der Waals surface area contributed by atoms with Crippen LogP contribution in [0.4, 0.5) is 5.69 Å². The number of amides is 1. The maximum atomic E-state index is 12.4. The lowest BCUT2D eigenvalue weighted by Crippen LogP contribution is -2.12. The van der Waals surface area contributed by atoms with Crippen LogP contribution in [0.1, 0.15) is 21.6 Å². The number of carbonyl (C=O) groups excluding carboxylic acids is 1. The third kappa shape index (κ3) is 5.06. The van der Waals surface area contributed by atoms with Crippen LogP contribution in [0.2, 0.25) is 5.02 Å². The van der Waals surface area contributed by atoms with Gasteiger partial charge in [-0.25, -0.2) is 4.98 Å². The standard InChI is InChI=1S/C24H19ClN2O2S/c1-16-2-10-20(11-3-16)26-23(28)22-15-30-24(27-22)18-6-12-21(13-7-18)29-14-17-4-8-19(25)9-5-17/h2-13,15H,14H2,1H3,(H,26,28). The molecule has 3 aromatic carbocycles. The van der Waals surface area contributed by atoms with Crippen LogP contribution >= 0.6 is 22.9 Å². The van der Waals surface area contributed by atoms with Gasteiger partial charge in [-0.2, -0.15) is 0 Å². The molecule has 0 spiro atoms. The van der Waals surface area contributed by atoms with E-state index in [4.69, 9.17) is 16.3 Å². The van der Waals surface area contributed by atoms with Gasteiger partial charge in [0.2, 0.25) is 0 Å². The van der Waals surface area contributed by atoms with Crippen molar-refractivity contribution in [3.05, 3.63) is 100 Å². The van der Waals surface area contributed by atoms with Crippen molar-refractivity contribution in [2.75, 3.05) is 5.32 Å². The predicted molar refractivity (Wildman–Crippen MR) is 122 cm³/mol. The van der Waals surface area contributed by atoms with Gasteiger partial charge >= 0.3 is 0 Å². The molecule has 0 radical (unpaired) electrons. The van der Waals surface area contributed by atoms with Crippen LogP contribution < -0.4 is 10.1 Å². The molecule has 4 rings (SSSR count). The van der Waals surface area contributed by atoms with Gasteiger partial charge in [-0.1, -0.05) is 41.4 Å². The first-order chi connectivity index (χ1) is 14.6. The second kappa shape index (κ2) is 9.11. The minimum Gasteiger partial charge on any atom is -0.489 e. The molecular weight excluding hydrogens is 416 g/mol. The average molecular weight is 435 g/mol. The number of ether oxygens (including phenoxy) is 1. The van der Waals surface area contributed by atoms with E-state index in [1.807, 2.05) is 79.7 Å². The number of anilines is 1. The number of benzene rings is 3. The van der Waals surface area contributed by atoms with Crippen LogP contribution in [0.3, 0.4) is 0 Å². The third-order valence-electron chi connectivity index (χ3n) is 4.47. The SMILES string of the molecule is Cc1ccc(NC(=O)c2csc(-c3ccc(OCc4ccc(Cl)cc4)cc3)n2)cc1. The van der Waals surface area contributed by atoms with E-state index in [1.54, 1.807) is 5.38 Å². The quantitative estimate of drug-likeness (QED) is 0.371. The zero-order chi connectivity index (χ0) is 20.9. The van der Waals surface area contributed by atoms with Crippen molar-refractivity contribution in [2.24, 2.45) is 0 Å². The smallest absolute Gasteiger partial charge is 0.275 e. The molecule has 150 valence electrons. The summed E-state index contributed by atoms with van der Waals surface area (Å²) in [5.74, 6) is 0.548. The largest absolute Gasteiger partial charge is 0.489 e. The van der Waals surface area contributed by atoms with E-state index in [0.717, 1.165) is 33.1 Å². The van der Waals surface area contributed by atoms with Crippen LogP contribution in [-0.4, -0.2) is 10.9 Å². The Morgan fingerprint density at radius 2 is 1.70 bits per heavy atom. The molecule has 1 amide bonds. The van der Waals surface area contributed by atoms with Crippen LogP contribution in [0.5, 0.6) is 5.75 Å². The lowest BCUT2D eigenvalue weighted by Gasteiger charge is -2.07. The minimum atomic E-state index is -0.218. The molecule has 0 bridgehead atoms. The summed E-state index contributed by atoms with van der Waals surface area (Å²) in [5, 5.41) is 6.13. The Morgan fingerprint density at radius 1 is 1.00 bits per heavy atom. The fourth-order valence-corrected chi connectivity index (χ4v) is 3.72. The Balaban J connectivity index is 1.38. The number of hydrogen-bond donors (Lipinski definition) is 1. The van der Waals surface area contributed by atoms with Crippen LogP contribution in [-0.2, 0) is 6.61 Å². The molecule has 0 aliphatic rings. The fourth-order valence-electron chi connectivity index (χ4n) is 2.78. The van der Waals surface area contributed by atoms with E-state index in [0.29, 0.717) is 17.3 Å². The van der Waals surface area contributed by atoms with Crippen LogP contribution in [0.25, 0.3) is 10.6 Å². The highest BCUT2D eigenvalue weighted by atomic mass is 35.5. The normalized spacial score (nSPS) is 10.6. The molecule has 0 saturated heterocycles. The Bertz CT molecular complexity index is 1140. The van der Waals surface area contributed by atoms with Gasteiger partial charge in [0.25, 0.3) is 5.91 Å². The first-order valence-electron chi connectivity index (χ1n) is 9.38. The third-order valence-corrected chi connectivity index (χ3v) is 5.61. The van der Waals surface area contributed by atoms with Crippen molar-refractivity contribution in [1.82, 2.24) is 4.98 Å². The number of aromatic nitrogens is 1. The number of aryl methyl sites for hydroxylation is 1. The highest BCUT2D eigenvalue weighted by molar-refractivity contribution is 7.13. The summed E-state index contributed by atoms with van der Waals surface area (Å²) in [5.41, 5.74) is 4.28. The van der Waals surface area contributed by atoms with Crippen LogP contribution in [0, 0.1) is 6.92 Å². The average Bonchev–Trinajstić information content (AvgIpc) is 3.26. The number of rotatable bonds is 6. The van der Waals surface area contributed by atoms with Gasteiger partial charge in [-0.15, -0.1) is 11.3 Å². The topological polar surface area (TPSA) is 51.2 Å². The summed E-state index contributed by atoms with van der Waals surface area (Å²) >= 11 is 7.34. The second-order valence-corrected chi connectivity index (χ2v) is 8.09. The van der Waals surface area contributed by atoms with Crippen molar-refractivity contribution >= 4 is 34.5 Å². The number of halogens is 1. The first kappa shape index (κ1) is 20.1. The monoisotopic (exact) mass is 434 g/mol. The predicted octanol–water partition coefficient (Wildman–Crippen LogP) is 6.60. The van der Waals surface area contributed by atoms with E-state index >= 15 is 0 Å².